The highest BCUT2D eigenvalue weighted by atomic mass is 32.2. The summed E-state index contributed by atoms with van der Waals surface area (Å²) < 4.78 is 2.09. The Hall–Kier alpha value is -1.11. The van der Waals surface area contributed by atoms with E-state index in [-0.39, 0.29) is 24.5 Å². The Bertz CT molecular complexity index is 684. The maximum absolute atomic E-state index is 12.3. The number of rotatable bonds is 5. The van der Waals surface area contributed by atoms with Crippen molar-refractivity contribution in [3.63, 3.8) is 0 Å². The molecule has 1 aromatic heterocycles. The predicted octanol–water partition coefficient (Wildman–Crippen LogP) is 2.91. The minimum absolute atomic E-state index is 0.0604. The molecule has 6 heteroatoms. The highest BCUT2D eigenvalue weighted by molar-refractivity contribution is 8.01. The second-order valence-corrected chi connectivity index (χ2v) is 8.76. The lowest BCUT2D eigenvalue weighted by atomic mass is 9.85. The van der Waals surface area contributed by atoms with E-state index in [1.165, 1.54) is 31.0 Å². The molecule has 1 amide bonds. The molecule has 0 radical (unpaired) electrons. The van der Waals surface area contributed by atoms with E-state index < -0.39 is 0 Å². The fourth-order valence-corrected chi connectivity index (χ4v) is 6.05. The van der Waals surface area contributed by atoms with Gasteiger partial charge in [-0.3, -0.25) is 4.79 Å². The van der Waals surface area contributed by atoms with Crippen molar-refractivity contribution < 1.29 is 9.90 Å². The van der Waals surface area contributed by atoms with E-state index in [2.05, 4.69) is 16.4 Å². The van der Waals surface area contributed by atoms with Crippen LogP contribution in [0.4, 0.5) is 0 Å². The molecule has 2 aliphatic rings. The highest BCUT2D eigenvalue weighted by Crippen LogP contribution is 2.48. The first kappa shape index (κ1) is 15.4. The van der Waals surface area contributed by atoms with E-state index in [1.807, 2.05) is 18.2 Å². The summed E-state index contributed by atoms with van der Waals surface area (Å²) in [6, 6.07) is 8.20. The fourth-order valence-electron chi connectivity index (χ4n) is 4.17. The number of thiazole rings is 1. The zero-order chi connectivity index (χ0) is 15.8. The van der Waals surface area contributed by atoms with Crippen LogP contribution in [-0.4, -0.2) is 34.4 Å². The third-order valence-corrected chi connectivity index (χ3v) is 7.41. The van der Waals surface area contributed by atoms with E-state index in [9.17, 15) is 9.90 Å². The van der Waals surface area contributed by atoms with Crippen molar-refractivity contribution in [3.05, 3.63) is 24.3 Å². The van der Waals surface area contributed by atoms with Crippen LogP contribution in [0.3, 0.4) is 0 Å². The molecule has 2 N–H and O–H groups in total. The van der Waals surface area contributed by atoms with Gasteiger partial charge >= 0.3 is 0 Å². The molecule has 0 aliphatic heterocycles. The molecule has 1 heterocycles. The number of aliphatic hydroxyl groups is 1. The number of carbonyl (C=O) groups is 1. The van der Waals surface area contributed by atoms with Gasteiger partial charge in [0.1, 0.15) is 0 Å². The van der Waals surface area contributed by atoms with Crippen molar-refractivity contribution in [3.8, 4) is 0 Å². The van der Waals surface area contributed by atoms with Gasteiger partial charge in [0.05, 0.1) is 16.0 Å². The molecule has 4 atom stereocenters. The summed E-state index contributed by atoms with van der Waals surface area (Å²) in [4.78, 5) is 16.8. The Morgan fingerprint density at radius 1 is 1.35 bits per heavy atom. The SMILES string of the molecule is O=C(CSc1nc2ccccc2s1)NC1C2CCC(C2)C1CO. The van der Waals surface area contributed by atoms with E-state index in [0.717, 1.165) is 14.6 Å². The molecule has 122 valence electrons. The molecule has 1 aromatic carbocycles. The zero-order valence-electron chi connectivity index (χ0n) is 12.8. The number of para-hydroxylation sites is 1. The Morgan fingerprint density at radius 2 is 2.17 bits per heavy atom. The molecule has 0 saturated heterocycles. The summed E-state index contributed by atoms with van der Waals surface area (Å²) >= 11 is 3.13. The monoisotopic (exact) mass is 348 g/mol. The number of thioether (sulfide) groups is 1. The summed E-state index contributed by atoms with van der Waals surface area (Å²) in [6.07, 6.45) is 3.57. The van der Waals surface area contributed by atoms with Crippen molar-refractivity contribution in [2.45, 2.75) is 29.6 Å². The van der Waals surface area contributed by atoms with Gasteiger partial charge in [-0.25, -0.2) is 4.98 Å². The second-order valence-electron chi connectivity index (χ2n) is 6.51. The molecule has 4 nitrogen and oxygen atoms in total. The molecule has 2 fully saturated rings. The average molecular weight is 348 g/mol. The molecule has 0 spiro atoms. The molecule has 23 heavy (non-hydrogen) atoms. The summed E-state index contributed by atoms with van der Waals surface area (Å²) in [5.74, 6) is 1.88. The highest BCUT2D eigenvalue weighted by Gasteiger charge is 2.47. The summed E-state index contributed by atoms with van der Waals surface area (Å²) in [5.41, 5.74) is 0.994. The topological polar surface area (TPSA) is 62.2 Å². The molecule has 2 bridgehead atoms. The number of benzene rings is 1. The van der Waals surface area contributed by atoms with Gasteiger partial charge < -0.3 is 10.4 Å². The quantitative estimate of drug-likeness (QED) is 0.816. The number of nitrogens with one attached hydrogen (secondary N) is 1. The Kier molecular flexibility index (Phi) is 4.30. The first-order chi connectivity index (χ1) is 11.2. The van der Waals surface area contributed by atoms with Gasteiger partial charge in [0.15, 0.2) is 4.34 Å². The predicted molar refractivity (Wildman–Crippen MR) is 93.7 cm³/mol. The van der Waals surface area contributed by atoms with Crippen molar-refractivity contribution in [1.29, 1.82) is 0 Å². The molecule has 4 rings (SSSR count). The Labute approximate surface area is 143 Å². The van der Waals surface area contributed by atoms with Crippen LogP contribution in [-0.2, 0) is 4.79 Å². The molecule has 2 saturated carbocycles. The van der Waals surface area contributed by atoms with Gasteiger partial charge in [-0.2, -0.15) is 0 Å². The Morgan fingerprint density at radius 3 is 3.00 bits per heavy atom. The van der Waals surface area contributed by atoms with Crippen LogP contribution in [0, 0.1) is 17.8 Å². The van der Waals surface area contributed by atoms with Gasteiger partial charge in [-0.15, -0.1) is 11.3 Å². The zero-order valence-corrected chi connectivity index (χ0v) is 14.4. The summed E-state index contributed by atoms with van der Waals surface area (Å²) in [7, 11) is 0. The summed E-state index contributed by atoms with van der Waals surface area (Å²) in [6.45, 7) is 0.192. The molecular weight excluding hydrogens is 328 g/mol. The van der Waals surface area contributed by atoms with Gasteiger partial charge in [-0.1, -0.05) is 23.9 Å². The number of nitrogens with zero attached hydrogens (tertiary/aromatic N) is 1. The third-order valence-electron chi connectivity index (χ3n) is 5.23. The normalized spacial score (nSPS) is 29.3. The number of carbonyl (C=O) groups excluding carboxylic acids is 1. The van der Waals surface area contributed by atoms with Crippen LogP contribution >= 0.6 is 23.1 Å². The fraction of sp³-hybridized carbons (Fsp3) is 0.529. The lowest BCUT2D eigenvalue weighted by Gasteiger charge is -2.30. The summed E-state index contributed by atoms with van der Waals surface area (Å²) in [5, 5.41) is 12.8. The van der Waals surface area contributed by atoms with Gasteiger partial charge in [-0.05, 0) is 43.2 Å². The van der Waals surface area contributed by atoms with Crippen molar-refractivity contribution in [1.82, 2.24) is 10.3 Å². The largest absolute Gasteiger partial charge is 0.396 e. The van der Waals surface area contributed by atoms with Gasteiger partial charge in [0.25, 0.3) is 0 Å². The molecule has 2 aromatic rings. The maximum atomic E-state index is 12.3. The van der Waals surface area contributed by atoms with Gasteiger partial charge in [0.2, 0.25) is 5.91 Å². The van der Waals surface area contributed by atoms with Crippen LogP contribution in [0.25, 0.3) is 10.2 Å². The third kappa shape index (κ3) is 2.99. The van der Waals surface area contributed by atoms with Crippen molar-refractivity contribution in [2.75, 3.05) is 12.4 Å². The van der Waals surface area contributed by atoms with Crippen LogP contribution in [0.2, 0.25) is 0 Å². The van der Waals surface area contributed by atoms with E-state index in [0.29, 0.717) is 17.6 Å². The minimum atomic E-state index is 0.0604. The standard InChI is InChI=1S/C17H20N2O2S2/c20-8-12-10-5-6-11(7-10)16(12)19-15(21)9-22-17-18-13-3-1-2-4-14(13)23-17/h1-4,10-12,16,20H,5-9H2,(H,19,21). The maximum Gasteiger partial charge on any atom is 0.230 e. The van der Waals surface area contributed by atoms with Crippen molar-refractivity contribution in [2.24, 2.45) is 17.8 Å². The second kappa shape index (κ2) is 6.42. The molecule has 2 aliphatic carbocycles. The Balaban J connectivity index is 1.35. The lowest BCUT2D eigenvalue weighted by molar-refractivity contribution is -0.120. The number of aromatic nitrogens is 1. The first-order valence-corrected chi connectivity index (χ1v) is 9.93. The van der Waals surface area contributed by atoms with Crippen molar-refractivity contribution >= 4 is 39.2 Å². The van der Waals surface area contributed by atoms with E-state index >= 15 is 0 Å². The van der Waals surface area contributed by atoms with E-state index in [4.69, 9.17) is 0 Å². The van der Waals surface area contributed by atoms with E-state index in [1.54, 1.807) is 11.3 Å². The number of aliphatic hydroxyl groups excluding tert-OH is 1. The van der Waals surface area contributed by atoms with Crippen LogP contribution in [0.15, 0.2) is 28.6 Å². The first-order valence-electron chi connectivity index (χ1n) is 8.13. The average Bonchev–Trinajstić information content (AvgIpc) is 3.26. The number of fused-ring (bicyclic) bond motifs is 3. The van der Waals surface area contributed by atoms with Crippen LogP contribution in [0.1, 0.15) is 19.3 Å². The molecular formula is C17H20N2O2S2. The van der Waals surface area contributed by atoms with Crippen LogP contribution < -0.4 is 5.32 Å². The smallest absolute Gasteiger partial charge is 0.230 e. The number of amides is 1. The number of hydrogen-bond acceptors (Lipinski definition) is 5. The molecule has 4 unspecified atom stereocenters. The minimum Gasteiger partial charge on any atom is -0.396 e. The number of hydrogen-bond donors (Lipinski definition) is 2. The van der Waals surface area contributed by atoms with Crippen LogP contribution in [0.5, 0.6) is 0 Å². The van der Waals surface area contributed by atoms with Gasteiger partial charge in [0, 0.05) is 18.6 Å². The lowest BCUT2D eigenvalue weighted by Crippen LogP contribution is -2.45.